The monoisotopic (exact) mass is 396 g/mol. The summed E-state index contributed by atoms with van der Waals surface area (Å²) in [4.78, 5) is 42.4. The van der Waals surface area contributed by atoms with Crippen molar-refractivity contribution in [3.8, 4) is 5.88 Å². The van der Waals surface area contributed by atoms with Gasteiger partial charge in [-0.2, -0.15) is 0 Å². The molecular formula is C23H28N2O4. The third-order valence-corrected chi connectivity index (χ3v) is 4.70. The maximum atomic E-state index is 13.5. The Kier molecular flexibility index (Phi) is 6.57. The third kappa shape index (κ3) is 4.70. The van der Waals surface area contributed by atoms with Gasteiger partial charge in [0.05, 0.1) is 12.7 Å². The normalized spacial score (nSPS) is 11.1. The number of benzene rings is 1. The molecule has 0 aliphatic heterocycles. The summed E-state index contributed by atoms with van der Waals surface area (Å²) in [7, 11) is 1.45. The molecule has 6 nitrogen and oxygen atoms in total. The second-order valence-corrected chi connectivity index (χ2v) is 7.96. The number of nitrogens with zero attached hydrogens (tertiary/aromatic N) is 1. The van der Waals surface area contributed by atoms with Gasteiger partial charge >= 0.3 is 0 Å². The summed E-state index contributed by atoms with van der Waals surface area (Å²) in [6.07, 6.45) is 0.550. The molecule has 0 unspecified atom stereocenters. The second kappa shape index (κ2) is 8.55. The lowest BCUT2D eigenvalue weighted by Crippen LogP contribution is -2.29. The molecule has 0 saturated heterocycles. The summed E-state index contributed by atoms with van der Waals surface area (Å²) in [6, 6.07) is 6.57. The van der Waals surface area contributed by atoms with Gasteiger partial charge in [-0.1, -0.05) is 45.9 Å². The highest BCUT2D eigenvalue weighted by atomic mass is 16.5. The first-order valence-electron chi connectivity index (χ1n) is 9.55. The molecule has 2 rings (SSSR count). The number of rotatable bonds is 6. The molecule has 154 valence electrons. The average Bonchev–Trinajstić information content (AvgIpc) is 2.67. The van der Waals surface area contributed by atoms with Crippen LogP contribution in [0.15, 0.2) is 24.3 Å². The van der Waals surface area contributed by atoms with Crippen LogP contribution in [-0.2, 0) is 11.2 Å². The molecule has 0 atom stereocenters. The van der Waals surface area contributed by atoms with Crippen molar-refractivity contribution in [3.05, 3.63) is 52.2 Å². The minimum Gasteiger partial charge on any atom is -0.479 e. The molecule has 0 bridgehead atoms. The van der Waals surface area contributed by atoms with Gasteiger partial charge in [-0.15, -0.1) is 0 Å². The van der Waals surface area contributed by atoms with Crippen LogP contribution in [0.5, 0.6) is 5.88 Å². The number of carbonyl (C=O) groups excluding carboxylic acids is 3. The number of Topliss-reactive ketones (excluding diaryl/α,β-unsaturated/α-hetero) is 1. The number of methoxy groups -OCH3 is 1. The Hall–Kier alpha value is -3.02. The summed E-state index contributed by atoms with van der Waals surface area (Å²) in [5, 5.41) is 2.85. The van der Waals surface area contributed by atoms with E-state index >= 15 is 0 Å². The van der Waals surface area contributed by atoms with Gasteiger partial charge in [0.25, 0.3) is 0 Å². The van der Waals surface area contributed by atoms with Gasteiger partial charge in [-0.25, -0.2) is 4.98 Å². The van der Waals surface area contributed by atoms with E-state index in [4.69, 9.17) is 4.74 Å². The summed E-state index contributed by atoms with van der Waals surface area (Å²) in [6.45, 7) is 10.5. The standard InChI is InChI=1S/C23H28N2O4/c1-8-17-13(2)24-21(29-7)19(25-22(28)23(4,5)6)18(17)20(27)16-11-9-10-15(12-16)14(3)26/h9-12H,8H2,1-7H3,(H,25,28). The Morgan fingerprint density at radius 1 is 1.14 bits per heavy atom. The Balaban J connectivity index is 2.75. The number of hydrogen-bond acceptors (Lipinski definition) is 5. The van der Waals surface area contributed by atoms with Crippen LogP contribution in [0.2, 0.25) is 0 Å². The van der Waals surface area contributed by atoms with Gasteiger partial charge in [0.2, 0.25) is 11.8 Å². The Morgan fingerprint density at radius 2 is 1.76 bits per heavy atom. The quantitative estimate of drug-likeness (QED) is 0.733. The van der Waals surface area contributed by atoms with Crippen molar-refractivity contribution in [3.63, 3.8) is 0 Å². The van der Waals surface area contributed by atoms with E-state index in [1.54, 1.807) is 52.0 Å². The highest BCUT2D eigenvalue weighted by Crippen LogP contribution is 2.34. The van der Waals surface area contributed by atoms with E-state index in [0.717, 1.165) is 5.56 Å². The van der Waals surface area contributed by atoms with Gasteiger partial charge < -0.3 is 10.1 Å². The number of ketones is 2. The fourth-order valence-electron chi connectivity index (χ4n) is 2.99. The highest BCUT2D eigenvalue weighted by molar-refractivity contribution is 6.16. The minimum absolute atomic E-state index is 0.125. The molecule has 1 aromatic carbocycles. The zero-order valence-corrected chi connectivity index (χ0v) is 18.1. The molecule has 1 N–H and O–H groups in total. The molecule has 0 aliphatic carbocycles. The SMILES string of the molecule is CCc1c(C)nc(OC)c(NC(=O)C(C)(C)C)c1C(=O)c1cccc(C(C)=O)c1. The molecule has 1 heterocycles. The van der Waals surface area contributed by atoms with Crippen molar-refractivity contribution in [1.29, 1.82) is 0 Å². The highest BCUT2D eigenvalue weighted by Gasteiger charge is 2.29. The number of pyridine rings is 1. The van der Waals surface area contributed by atoms with Gasteiger partial charge in [0.15, 0.2) is 11.6 Å². The summed E-state index contributed by atoms with van der Waals surface area (Å²) < 4.78 is 5.40. The maximum absolute atomic E-state index is 13.5. The molecule has 29 heavy (non-hydrogen) atoms. The molecule has 1 aromatic heterocycles. The zero-order valence-electron chi connectivity index (χ0n) is 18.1. The van der Waals surface area contributed by atoms with Crippen molar-refractivity contribution in [2.24, 2.45) is 5.41 Å². The molecule has 6 heteroatoms. The van der Waals surface area contributed by atoms with Crippen LogP contribution >= 0.6 is 0 Å². The number of aryl methyl sites for hydroxylation is 1. The smallest absolute Gasteiger partial charge is 0.238 e. The van der Waals surface area contributed by atoms with E-state index < -0.39 is 5.41 Å². The molecule has 0 fully saturated rings. The molecule has 2 aromatic rings. The topological polar surface area (TPSA) is 85.4 Å². The van der Waals surface area contributed by atoms with Crippen LogP contribution in [-0.4, -0.2) is 29.6 Å². The lowest BCUT2D eigenvalue weighted by atomic mass is 9.92. The summed E-state index contributed by atoms with van der Waals surface area (Å²) in [5.74, 6) is -0.489. The first-order valence-corrected chi connectivity index (χ1v) is 9.55. The van der Waals surface area contributed by atoms with E-state index in [1.165, 1.54) is 14.0 Å². The van der Waals surface area contributed by atoms with Gasteiger partial charge in [-0.3, -0.25) is 14.4 Å². The predicted molar refractivity (Wildman–Crippen MR) is 113 cm³/mol. The lowest BCUT2D eigenvalue weighted by Gasteiger charge is -2.22. The van der Waals surface area contributed by atoms with Crippen LogP contribution in [0.25, 0.3) is 0 Å². The van der Waals surface area contributed by atoms with Crippen molar-refractivity contribution < 1.29 is 19.1 Å². The Bertz CT molecular complexity index is 972. The maximum Gasteiger partial charge on any atom is 0.238 e. The molecule has 0 aliphatic rings. The van der Waals surface area contributed by atoms with E-state index in [9.17, 15) is 14.4 Å². The van der Waals surface area contributed by atoms with E-state index in [1.807, 2.05) is 6.92 Å². The lowest BCUT2D eigenvalue weighted by molar-refractivity contribution is -0.123. The van der Waals surface area contributed by atoms with Crippen LogP contribution in [0.1, 0.15) is 72.2 Å². The number of hydrogen-bond donors (Lipinski definition) is 1. The fraction of sp³-hybridized carbons (Fsp3) is 0.391. The molecular weight excluding hydrogens is 368 g/mol. The predicted octanol–water partition coefficient (Wildman–Crippen LogP) is 4.38. The van der Waals surface area contributed by atoms with Crippen LogP contribution in [0.4, 0.5) is 5.69 Å². The van der Waals surface area contributed by atoms with Crippen LogP contribution in [0.3, 0.4) is 0 Å². The van der Waals surface area contributed by atoms with Crippen LogP contribution in [0, 0.1) is 12.3 Å². The fourth-order valence-corrected chi connectivity index (χ4v) is 2.99. The molecule has 0 radical (unpaired) electrons. The minimum atomic E-state index is -0.670. The van der Waals surface area contributed by atoms with E-state index in [-0.39, 0.29) is 29.0 Å². The molecule has 1 amide bonds. The number of nitrogens with one attached hydrogen (secondary N) is 1. The van der Waals surface area contributed by atoms with Crippen molar-refractivity contribution >= 4 is 23.2 Å². The number of aromatic nitrogens is 1. The second-order valence-electron chi connectivity index (χ2n) is 7.96. The van der Waals surface area contributed by atoms with Crippen molar-refractivity contribution in [1.82, 2.24) is 4.98 Å². The first kappa shape index (κ1) is 22.3. The van der Waals surface area contributed by atoms with Crippen molar-refractivity contribution in [2.45, 2.75) is 48.0 Å². The van der Waals surface area contributed by atoms with E-state index in [0.29, 0.717) is 28.8 Å². The van der Waals surface area contributed by atoms with Gasteiger partial charge in [0, 0.05) is 22.2 Å². The van der Waals surface area contributed by atoms with Crippen LogP contribution < -0.4 is 10.1 Å². The van der Waals surface area contributed by atoms with Crippen molar-refractivity contribution in [2.75, 3.05) is 12.4 Å². The number of amides is 1. The molecule has 0 saturated carbocycles. The number of ether oxygens (including phenoxy) is 1. The van der Waals surface area contributed by atoms with Gasteiger partial charge in [0.1, 0.15) is 5.69 Å². The third-order valence-electron chi connectivity index (χ3n) is 4.70. The first-order chi connectivity index (χ1) is 13.5. The summed E-state index contributed by atoms with van der Waals surface area (Å²) >= 11 is 0. The van der Waals surface area contributed by atoms with Gasteiger partial charge in [-0.05, 0) is 31.9 Å². The Labute approximate surface area is 171 Å². The van der Waals surface area contributed by atoms with E-state index in [2.05, 4.69) is 10.3 Å². The largest absolute Gasteiger partial charge is 0.479 e. The molecule has 0 spiro atoms. The average molecular weight is 396 g/mol. The number of anilines is 1. The zero-order chi connectivity index (χ0) is 21.9. The summed E-state index contributed by atoms with van der Waals surface area (Å²) in [5.41, 5.74) is 2.14. The Morgan fingerprint density at radius 3 is 2.28 bits per heavy atom. The number of carbonyl (C=O) groups is 3.